The SMILES string of the molecule is CCOc1ccccc1NC(=O)[C@H]1[C@@H](C(=O)[O-])[C@@H]2C=C[C@H]1C21CC1. The molecule has 2 saturated carbocycles. The number of hydrogen-bond acceptors (Lipinski definition) is 4. The molecule has 4 rings (SSSR count). The highest BCUT2D eigenvalue weighted by Crippen LogP contribution is 2.71. The van der Waals surface area contributed by atoms with Crippen LogP contribution in [0, 0.1) is 29.1 Å². The Hall–Kier alpha value is -2.30. The van der Waals surface area contributed by atoms with Crippen LogP contribution in [0.25, 0.3) is 0 Å². The molecule has 3 aliphatic carbocycles. The first-order valence-corrected chi connectivity index (χ1v) is 8.50. The minimum atomic E-state index is -1.11. The molecular formula is C19H20NO4-. The van der Waals surface area contributed by atoms with Gasteiger partial charge in [-0.05, 0) is 49.1 Å². The van der Waals surface area contributed by atoms with Crippen molar-refractivity contribution in [2.24, 2.45) is 29.1 Å². The van der Waals surface area contributed by atoms with Crippen molar-refractivity contribution >= 4 is 17.6 Å². The van der Waals surface area contributed by atoms with E-state index in [0.717, 1.165) is 12.8 Å². The van der Waals surface area contributed by atoms with Gasteiger partial charge < -0.3 is 20.0 Å². The van der Waals surface area contributed by atoms with Crippen molar-refractivity contribution < 1.29 is 19.4 Å². The van der Waals surface area contributed by atoms with Crippen molar-refractivity contribution in [3.05, 3.63) is 36.4 Å². The minimum absolute atomic E-state index is 0.00431. The topological polar surface area (TPSA) is 78.5 Å². The zero-order chi connectivity index (χ0) is 16.9. The Bertz CT molecular complexity index is 722. The van der Waals surface area contributed by atoms with E-state index in [1.807, 2.05) is 31.2 Å². The lowest BCUT2D eigenvalue weighted by atomic mass is 9.82. The van der Waals surface area contributed by atoms with Gasteiger partial charge in [0, 0.05) is 11.9 Å². The van der Waals surface area contributed by atoms with Crippen LogP contribution in [-0.2, 0) is 9.59 Å². The van der Waals surface area contributed by atoms with E-state index in [0.29, 0.717) is 18.0 Å². The largest absolute Gasteiger partial charge is 0.550 e. The summed E-state index contributed by atoms with van der Waals surface area (Å²) in [6, 6.07) is 7.22. The quantitative estimate of drug-likeness (QED) is 0.834. The highest BCUT2D eigenvalue weighted by Gasteiger charge is 2.68. The van der Waals surface area contributed by atoms with Gasteiger partial charge in [0.1, 0.15) is 5.75 Å². The Morgan fingerprint density at radius 1 is 1.21 bits per heavy atom. The third kappa shape index (κ3) is 2.07. The van der Waals surface area contributed by atoms with Gasteiger partial charge in [0.2, 0.25) is 5.91 Å². The molecule has 1 amide bonds. The first-order valence-electron chi connectivity index (χ1n) is 8.50. The maximum Gasteiger partial charge on any atom is 0.228 e. The lowest BCUT2D eigenvalue weighted by Gasteiger charge is -2.28. The molecule has 5 nitrogen and oxygen atoms in total. The van der Waals surface area contributed by atoms with Crippen LogP contribution in [0.4, 0.5) is 5.69 Å². The molecule has 126 valence electrons. The van der Waals surface area contributed by atoms with Crippen LogP contribution in [0.15, 0.2) is 36.4 Å². The molecule has 1 aromatic rings. The summed E-state index contributed by atoms with van der Waals surface area (Å²) in [6.07, 6.45) is 6.02. The summed E-state index contributed by atoms with van der Waals surface area (Å²) in [5.41, 5.74) is 0.574. The van der Waals surface area contributed by atoms with Gasteiger partial charge in [0.25, 0.3) is 0 Å². The molecule has 0 heterocycles. The summed E-state index contributed by atoms with van der Waals surface area (Å²) in [5.74, 6) is -2.13. The van der Waals surface area contributed by atoms with Crippen molar-refractivity contribution in [3.63, 3.8) is 0 Å². The second-order valence-electron chi connectivity index (χ2n) is 6.96. The number of hydrogen-bond donors (Lipinski definition) is 1. The molecule has 2 bridgehead atoms. The van der Waals surface area contributed by atoms with Gasteiger partial charge in [0.05, 0.1) is 18.2 Å². The predicted molar refractivity (Wildman–Crippen MR) is 86.0 cm³/mol. The predicted octanol–water partition coefficient (Wildman–Crippen LogP) is 1.60. The highest BCUT2D eigenvalue weighted by molar-refractivity contribution is 5.97. The molecular weight excluding hydrogens is 306 g/mol. The van der Waals surface area contributed by atoms with Gasteiger partial charge >= 0.3 is 0 Å². The monoisotopic (exact) mass is 326 g/mol. The normalized spacial score (nSPS) is 31.2. The molecule has 1 spiro atoms. The molecule has 0 aliphatic heterocycles. The number of ether oxygens (including phenoxy) is 1. The number of carboxylic acid groups (broad SMARTS) is 1. The Morgan fingerprint density at radius 3 is 2.50 bits per heavy atom. The van der Waals surface area contributed by atoms with Gasteiger partial charge in [-0.1, -0.05) is 24.3 Å². The van der Waals surface area contributed by atoms with Crippen molar-refractivity contribution in [2.75, 3.05) is 11.9 Å². The first-order chi connectivity index (χ1) is 11.6. The van der Waals surface area contributed by atoms with Crippen molar-refractivity contribution in [2.45, 2.75) is 19.8 Å². The fraction of sp³-hybridized carbons (Fsp3) is 0.474. The van der Waals surface area contributed by atoms with Gasteiger partial charge in [0.15, 0.2) is 0 Å². The average Bonchev–Trinajstić information content (AvgIpc) is 3.22. The summed E-state index contributed by atoms with van der Waals surface area (Å²) in [4.78, 5) is 24.6. The molecule has 0 unspecified atom stereocenters. The molecule has 1 N–H and O–H groups in total. The van der Waals surface area contributed by atoms with Crippen molar-refractivity contribution in [1.29, 1.82) is 0 Å². The van der Waals surface area contributed by atoms with E-state index >= 15 is 0 Å². The average molecular weight is 326 g/mol. The van der Waals surface area contributed by atoms with Crippen LogP contribution >= 0.6 is 0 Å². The summed E-state index contributed by atoms with van der Waals surface area (Å²) in [5, 5.41) is 14.6. The van der Waals surface area contributed by atoms with Gasteiger partial charge in [-0.25, -0.2) is 0 Å². The number of para-hydroxylation sites is 2. The molecule has 0 aromatic heterocycles. The maximum absolute atomic E-state index is 12.9. The Kier molecular flexibility index (Phi) is 3.41. The van der Waals surface area contributed by atoms with E-state index in [2.05, 4.69) is 5.32 Å². The zero-order valence-electron chi connectivity index (χ0n) is 13.5. The summed E-state index contributed by atoms with van der Waals surface area (Å²) in [6.45, 7) is 2.37. The molecule has 3 aliphatic rings. The number of anilines is 1. The molecule has 0 radical (unpaired) electrons. The van der Waals surface area contributed by atoms with E-state index in [4.69, 9.17) is 4.74 Å². The van der Waals surface area contributed by atoms with E-state index in [9.17, 15) is 14.7 Å². The Morgan fingerprint density at radius 2 is 1.88 bits per heavy atom. The Labute approximate surface area is 140 Å². The number of carboxylic acids is 1. The molecule has 4 atom stereocenters. The van der Waals surface area contributed by atoms with E-state index in [1.165, 1.54) is 0 Å². The van der Waals surface area contributed by atoms with Crippen LogP contribution in [0.3, 0.4) is 0 Å². The van der Waals surface area contributed by atoms with Crippen LogP contribution in [0.2, 0.25) is 0 Å². The molecule has 5 heteroatoms. The smallest absolute Gasteiger partial charge is 0.228 e. The van der Waals surface area contributed by atoms with Gasteiger partial charge in [-0.15, -0.1) is 0 Å². The maximum atomic E-state index is 12.9. The summed E-state index contributed by atoms with van der Waals surface area (Å²) >= 11 is 0. The summed E-state index contributed by atoms with van der Waals surface area (Å²) < 4.78 is 5.53. The fourth-order valence-corrected chi connectivity index (χ4v) is 4.74. The van der Waals surface area contributed by atoms with E-state index in [1.54, 1.807) is 12.1 Å². The standard InChI is InChI=1S/C19H21NO4/c1-2-24-14-6-4-3-5-13(14)20-17(21)15-11-7-8-12(16(15)18(22)23)19(11)9-10-19/h3-8,11-12,15-16H,2,9-10H2,1H3,(H,20,21)(H,22,23)/p-1/t11-,12+,15-,16+/m1/s1. The number of rotatable bonds is 5. The lowest BCUT2D eigenvalue weighted by Crippen LogP contribution is -2.42. The number of allylic oxidation sites excluding steroid dienone is 2. The van der Waals surface area contributed by atoms with Gasteiger partial charge in [-0.3, -0.25) is 4.79 Å². The summed E-state index contributed by atoms with van der Waals surface area (Å²) in [7, 11) is 0. The second kappa shape index (κ2) is 5.36. The van der Waals surface area contributed by atoms with Crippen molar-refractivity contribution in [3.8, 4) is 5.75 Å². The lowest BCUT2D eigenvalue weighted by molar-refractivity contribution is -0.313. The number of carbonyl (C=O) groups excluding carboxylic acids is 2. The van der Waals surface area contributed by atoms with Crippen molar-refractivity contribution in [1.82, 2.24) is 0 Å². The van der Waals surface area contributed by atoms with E-state index in [-0.39, 0.29) is 23.2 Å². The molecule has 1 aromatic carbocycles. The van der Waals surface area contributed by atoms with E-state index < -0.39 is 17.8 Å². The number of benzene rings is 1. The van der Waals surface area contributed by atoms with Crippen LogP contribution in [0.5, 0.6) is 5.75 Å². The number of carbonyl (C=O) groups is 2. The molecule has 0 saturated heterocycles. The number of nitrogens with one attached hydrogen (secondary N) is 1. The van der Waals surface area contributed by atoms with Gasteiger partial charge in [-0.2, -0.15) is 0 Å². The minimum Gasteiger partial charge on any atom is -0.550 e. The Balaban J connectivity index is 1.61. The van der Waals surface area contributed by atoms with Crippen LogP contribution in [0.1, 0.15) is 19.8 Å². The third-order valence-electron chi connectivity index (χ3n) is 5.86. The molecule has 2 fully saturated rings. The zero-order valence-corrected chi connectivity index (χ0v) is 13.5. The third-order valence-corrected chi connectivity index (χ3v) is 5.86. The number of aliphatic carboxylic acids is 1. The first kappa shape index (κ1) is 15.2. The number of amides is 1. The second-order valence-corrected chi connectivity index (χ2v) is 6.96. The van der Waals surface area contributed by atoms with Crippen LogP contribution in [-0.4, -0.2) is 18.5 Å². The van der Waals surface area contributed by atoms with Crippen LogP contribution < -0.4 is 15.2 Å². The highest BCUT2D eigenvalue weighted by atomic mass is 16.5. The molecule has 24 heavy (non-hydrogen) atoms. The fourth-order valence-electron chi connectivity index (χ4n) is 4.74.